The van der Waals surface area contributed by atoms with Crippen molar-refractivity contribution in [3.63, 3.8) is 0 Å². The van der Waals surface area contributed by atoms with Gasteiger partial charge in [-0.3, -0.25) is 9.48 Å². The van der Waals surface area contributed by atoms with Crippen LogP contribution in [0.5, 0.6) is 0 Å². The number of aryl methyl sites for hydroxylation is 1. The van der Waals surface area contributed by atoms with Gasteiger partial charge in [-0.1, -0.05) is 0 Å². The molecule has 0 aliphatic rings. The van der Waals surface area contributed by atoms with Gasteiger partial charge in [0, 0.05) is 30.5 Å². The van der Waals surface area contributed by atoms with E-state index in [9.17, 15) is 4.79 Å². The smallest absolute Gasteiger partial charge is 0.269 e. The fourth-order valence-corrected chi connectivity index (χ4v) is 1.76. The highest BCUT2D eigenvalue weighted by atomic mass is 79.9. The molecule has 2 aromatic rings. The van der Waals surface area contributed by atoms with Gasteiger partial charge in [0.2, 0.25) is 0 Å². The van der Waals surface area contributed by atoms with Crippen LogP contribution in [0.25, 0.3) is 0 Å². The monoisotopic (exact) mass is 308 g/mol. The van der Waals surface area contributed by atoms with E-state index in [1.165, 1.54) is 0 Å². The summed E-state index contributed by atoms with van der Waals surface area (Å²) in [7, 11) is 1.87. The Labute approximate surface area is 113 Å². The molecule has 0 unspecified atom stereocenters. The van der Waals surface area contributed by atoms with Gasteiger partial charge in [0.15, 0.2) is 0 Å². The Balaban J connectivity index is 1.83. The molecule has 0 fully saturated rings. The van der Waals surface area contributed by atoms with Crippen molar-refractivity contribution in [3.8, 4) is 0 Å². The molecule has 1 N–H and O–H groups in total. The molecule has 0 spiro atoms. The minimum absolute atomic E-state index is 0.161. The van der Waals surface area contributed by atoms with E-state index in [0.717, 1.165) is 16.5 Å². The van der Waals surface area contributed by atoms with Crippen molar-refractivity contribution in [2.75, 3.05) is 6.54 Å². The number of carbonyl (C=O) groups excluding carboxylic acids is 1. The van der Waals surface area contributed by atoms with E-state index >= 15 is 0 Å². The molecule has 2 heterocycles. The van der Waals surface area contributed by atoms with Gasteiger partial charge >= 0.3 is 0 Å². The van der Waals surface area contributed by atoms with Crippen molar-refractivity contribution >= 4 is 21.8 Å². The Morgan fingerprint density at radius 3 is 2.89 bits per heavy atom. The fraction of sp³-hybridized carbons (Fsp3) is 0.250. The maximum atomic E-state index is 11.7. The largest absolute Gasteiger partial charge is 0.350 e. The number of hydrogen-bond donors (Lipinski definition) is 1. The van der Waals surface area contributed by atoms with Crippen molar-refractivity contribution in [1.82, 2.24) is 20.1 Å². The third-order valence-corrected chi connectivity index (χ3v) is 2.89. The lowest BCUT2D eigenvalue weighted by Crippen LogP contribution is -2.26. The van der Waals surface area contributed by atoms with Gasteiger partial charge < -0.3 is 5.32 Å². The molecule has 2 rings (SSSR count). The van der Waals surface area contributed by atoms with Crippen molar-refractivity contribution in [2.24, 2.45) is 7.05 Å². The quantitative estimate of drug-likeness (QED) is 0.932. The summed E-state index contributed by atoms with van der Waals surface area (Å²) in [6.45, 7) is 0.572. The molecular formula is C12H13BrN4O. The Hall–Kier alpha value is -1.69. The summed E-state index contributed by atoms with van der Waals surface area (Å²) >= 11 is 3.28. The summed E-state index contributed by atoms with van der Waals surface area (Å²) in [5, 5.41) is 6.89. The average Bonchev–Trinajstić information content (AvgIpc) is 2.76. The lowest BCUT2D eigenvalue weighted by Gasteiger charge is -2.03. The molecule has 0 radical (unpaired) electrons. The summed E-state index contributed by atoms with van der Waals surface area (Å²) < 4.78 is 2.60. The standard InChI is InChI=1S/C12H13BrN4O/c1-17-8-9(6-16-17)4-5-14-12(18)11-3-2-10(13)7-15-11/h2-3,6-8H,4-5H2,1H3,(H,14,18). The SMILES string of the molecule is Cn1cc(CCNC(=O)c2ccc(Br)cn2)cn1. The summed E-state index contributed by atoms with van der Waals surface area (Å²) in [4.78, 5) is 15.8. The summed E-state index contributed by atoms with van der Waals surface area (Å²) in [6.07, 6.45) is 6.10. The highest BCUT2D eigenvalue weighted by Crippen LogP contribution is 2.07. The third kappa shape index (κ3) is 3.40. The molecule has 0 aliphatic heterocycles. The van der Waals surface area contributed by atoms with E-state index in [1.807, 2.05) is 13.2 Å². The van der Waals surface area contributed by atoms with Gasteiger partial charge in [-0.2, -0.15) is 5.10 Å². The van der Waals surface area contributed by atoms with Crippen LogP contribution in [0.1, 0.15) is 16.1 Å². The van der Waals surface area contributed by atoms with Gasteiger partial charge in [0.1, 0.15) is 5.69 Å². The first-order valence-corrected chi connectivity index (χ1v) is 6.32. The molecule has 5 nitrogen and oxygen atoms in total. The predicted molar refractivity (Wildman–Crippen MR) is 71.2 cm³/mol. The molecule has 94 valence electrons. The minimum Gasteiger partial charge on any atom is -0.350 e. The number of hydrogen-bond acceptors (Lipinski definition) is 3. The highest BCUT2D eigenvalue weighted by molar-refractivity contribution is 9.10. The number of pyridine rings is 1. The zero-order valence-corrected chi connectivity index (χ0v) is 11.5. The average molecular weight is 309 g/mol. The van der Waals surface area contributed by atoms with Gasteiger partial charge in [0.05, 0.1) is 6.20 Å². The van der Waals surface area contributed by atoms with Gasteiger partial charge in [-0.05, 0) is 40.0 Å². The number of halogens is 1. The summed E-state index contributed by atoms with van der Waals surface area (Å²) in [5.74, 6) is -0.161. The Kier molecular flexibility index (Phi) is 4.09. The maximum absolute atomic E-state index is 11.7. The van der Waals surface area contributed by atoms with Crippen LogP contribution in [0, 0.1) is 0 Å². The lowest BCUT2D eigenvalue weighted by molar-refractivity contribution is 0.0949. The third-order valence-electron chi connectivity index (χ3n) is 2.42. The maximum Gasteiger partial charge on any atom is 0.269 e. The van der Waals surface area contributed by atoms with Crippen molar-refractivity contribution < 1.29 is 4.79 Å². The molecule has 2 aromatic heterocycles. The van der Waals surface area contributed by atoms with E-state index in [1.54, 1.807) is 29.2 Å². The van der Waals surface area contributed by atoms with Crippen LogP contribution >= 0.6 is 15.9 Å². The van der Waals surface area contributed by atoms with Crippen molar-refractivity contribution in [3.05, 3.63) is 46.5 Å². The zero-order chi connectivity index (χ0) is 13.0. The van der Waals surface area contributed by atoms with E-state index in [4.69, 9.17) is 0 Å². The molecule has 0 bridgehead atoms. The Morgan fingerprint density at radius 1 is 1.44 bits per heavy atom. The van der Waals surface area contributed by atoms with Crippen LogP contribution in [-0.4, -0.2) is 27.2 Å². The molecule has 0 aliphatic carbocycles. The Bertz CT molecular complexity index is 535. The first-order chi connectivity index (χ1) is 8.65. The summed E-state index contributed by atoms with van der Waals surface area (Å²) in [5.41, 5.74) is 1.52. The van der Waals surface area contributed by atoms with E-state index in [2.05, 4.69) is 31.3 Å². The number of nitrogens with one attached hydrogen (secondary N) is 1. The van der Waals surface area contributed by atoms with Crippen LogP contribution in [-0.2, 0) is 13.5 Å². The van der Waals surface area contributed by atoms with E-state index < -0.39 is 0 Å². The number of carbonyl (C=O) groups is 1. The van der Waals surface area contributed by atoms with Gasteiger partial charge in [-0.25, -0.2) is 4.98 Å². The fourth-order valence-electron chi connectivity index (χ4n) is 1.52. The van der Waals surface area contributed by atoms with Crippen LogP contribution in [0.4, 0.5) is 0 Å². The second-order valence-electron chi connectivity index (χ2n) is 3.89. The number of amides is 1. The van der Waals surface area contributed by atoms with Crippen LogP contribution in [0.15, 0.2) is 35.2 Å². The first-order valence-electron chi connectivity index (χ1n) is 5.52. The first kappa shape index (κ1) is 12.8. The number of nitrogens with zero attached hydrogens (tertiary/aromatic N) is 3. The Morgan fingerprint density at radius 2 is 2.28 bits per heavy atom. The summed E-state index contributed by atoms with van der Waals surface area (Å²) in [6, 6.07) is 3.48. The van der Waals surface area contributed by atoms with Crippen LogP contribution < -0.4 is 5.32 Å². The van der Waals surface area contributed by atoms with Crippen LogP contribution in [0.2, 0.25) is 0 Å². The predicted octanol–water partition coefficient (Wildman–Crippen LogP) is 1.55. The molecule has 6 heteroatoms. The molecule has 0 saturated heterocycles. The molecule has 0 atom stereocenters. The topological polar surface area (TPSA) is 59.8 Å². The molecule has 18 heavy (non-hydrogen) atoms. The van der Waals surface area contributed by atoms with Gasteiger partial charge in [0.25, 0.3) is 5.91 Å². The molecule has 0 aromatic carbocycles. The number of aromatic nitrogens is 3. The van der Waals surface area contributed by atoms with E-state index in [0.29, 0.717) is 12.2 Å². The van der Waals surface area contributed by atoms with Crippen LogP contribution in [0.3, 0.4) is 0 Å². The number of rotatable bonds is 4. The van der Waals surface area contributed by atoms with Gasteiger partial charge in [-0.15, -0.1) is 0 Å². The minimum atomic E-state index is -0.161. The second kappa shape index (κ2) is 5.77. The molecule has 1 amide bonds. The second-order valence-corrected chi connectivity index (χ2v) is 4.81. The van der Waals surface area contributed by atoms with Crippen molar-refractivity contribution in [2.45, 2.75) is 6.42 Å². The molecular weight excluding hydrogens is 296 g/mol. The lowest BCUT2D eigenvalue weighted by atomic mass is 10.2. The molecule has 0 saturated carbocycles. The van der Waals surface area contributed by atoms with Crippen molar-refractivity contribution in [1.29, 1.82) is 0 Å². The zero-order valence-electron chi connectivity index (χ0n) is 9.93. The highest BCUT2D eigenvalue weighted by Gasteiger charge is 2.06. The van der Waals surface area contributed by atoms with E-state index in [-0.39, 0.29) is 5.91 Å². The normalized spacial score (nSPS) is 10.3.